The van der Waals surface area contributed by atoms with Gasteiger partial charge in [-0.2, -0.15) is 0 Å². The molecule has 1 aromatic carbocycles. The minimum atomic E-state index is -0.282. The second-order valence-electron chi connectivity index (χ2n) is 4.04. The highest BCUT2D eigenvalue weighted by molar-refractivity contribution is 7.20. The lowest BCUT2D eigenvalue weighted by molar-refractivity contribution is 0.0957. The molecule has 0 fully saturated rings. The number of rotatable bonds is 5. The topological polar surface area (TPSA) is 55.1 Å². The monoisotopic (exact) mass is 266 g/mol. The third-order valence-corrected chi connectivity index (χ3v) is 3.73. The van der Waals surface area contributed by atoms with Crippen LogP contribution in [0.15, 0.2) is 24.3 Å². The Labute approximate surface area is 109 Å². The highest BCUT2D eigenvalue weighted by Gasteiger charge is 2.09. The maximum Gasteiger partial charge on any atom is 0.261 e. The molecule has 1 amide bonds. The van der Waals surface area contributed by atoms with Gasteiger partial charge in [-0.15, -0.1) is 11.3 Å². The van der Waals surface area contributed by atoms with Crippen molar-refractivity contribution in [2.45, 2.75) is 12.8 Å². The Morgan fingerprint density at radius 1 is 1.33 bits per heavy atom. The molecule has 2 rings (SSSR count). The number of amides is 1. The van der Waals surface area contributed by atoms with E-state index in [2.05, 4.69) is 5.32 Å². The number of carbonyl (C=O) groups excluding carboxylic acids is 1. The minimum Gasteiger partial charge on any atom is -0.351 e. The van der Waals surface area contributed by atoms with E-state index in [1.54, 1.807) is 12.1 Å². The normalized spacial score (nSPS) is 10.8. The Bertz CT molecular complexity index is 553. The molecule has 3 N–H and O–H groups in total. The summed E-state index contributed by atoms with van der Waals surface area (Å²) in [5.74, 6) is -0.385. The number of halogens is 1. The third kappa shape index (κ3) is 3.05. The Morgan fingerprint density at radius 3 is 2.94 bits per heavy atom. The van der Waals surface area contributed by atoms with Crippen LogP contribution < -0.4 is 11.1 Å². The fraction of sp³-hybridized carbons (Fsp3) is 0.308. The molecule has 0 radical (unpaired) electrons. The van der Waals surface area contributed by atoms with Crippen LogP contribution in [0.3, 0.4) is 0 Å². The second kappa shape index (κ2) is 5.93. The van der Waals surface area contributed by atoms with Crippen molar-refractivity contribution in [3.63, 3.8) is 0 Å². The Hall–Kier alpha value is -1.46. The van der Waals surface area contributed by atoms with Crippen LogP contribution in [0.1, 0.15) is 22.5 Å². The summed E-state index contributed by atoms with van der Waals surface area (Å²) in [7, 11) is 0. The standard InChI is InChI=1S/C13H15FN2OS/c14-10-3-4-11-9(7-10)8-12(18-11)13(17)16-6-2-1-5-15/h3-4,7-8H,1-2,5-6,15H2,(H,16,17). The SMILES string of the molecule is NCCCCNC(=O)c1cc2cc(F)ccc2s1. The first-order valence-corrected chi connectivity index (χ1v) is 6.70. The van der Waals surface area contributed by atoms with Gasteiger partial charge in [-0.05, 0) is 49.0 Å². The maximum absolute atomic E-state index is 13.0. The van der Waals surface area contributed by atoms with E-state index in [1.165, 1.54) is 23.5 Å². The number of hydrogen-bond acceptors (Lipinski definition) is 3. The molecular formula is C13H15FN2OS. The van der Waals surface area contributed by atoms with Gasteiger partial charge in [0.15, 0.2) is 0 Å². The van der Waals surface area contributed by atoms with Crippen LogP contribution in [0.2, 0.25) is 0 Å². The van der Waals surface area contributed by atoms with Gasteiger partial charge in [-0.25, -0.2) is 4.39 Å². The van der Waals surface area contributed by atoms with Crippen LogP contribution in [0.4, 0.5) is 4.39 Å². The van der Waals surface area contributed by atoms with E-state index in [4.69, 9.17) is 5.73 Å². The predicted molar refractivity (Wildman–Crippen MR) is 72.4 cm³/mol. The summed E-state index contributed by atoms with van der Waals surface area (Å²) in [5, 5.41) is 3.60. The molecule has 0 aliphatic heterocycles. The summed E-state index contributed by atoms with van der Waals surface area (Å²) in [6.45, 7) is 1.26. The van der Waals surface area contributed by atoms with E-state index in [9.17, 15) is 9.18 Å². The quantitative estimate of drug-likeness (QED) is 0.817. The molecule has 96 valence electrons. The van der Waals surface area contributed by atoms with Gasteiger partial charge in [0.2, 0.25) is 0 Å². The summed E-state index contributed by atoms with van der Waals surface area (Å²) in [4.78, 5) is 12.5. The number of carbonyl (C=O) groups is 1. The first-order valence-electron chi connectivity index (χ1n) is 5.88. The van der Waals surface area contributed by atoms with Gasteiger partial charge in [0.05, 0.1) is 4.88 Å². The van der Waals surface area contributed by atoms with Gasteiger partial charge < -0.3 is 11.1 Å². The van der Waals surface area contributed by atoms with E-state index in [-0.39, 0.29) is 11.7 Å². The highest BCUT2D eigenvalue weighted by Crippen LogP contribution is 2.26. The maximum atomic E-state index is 13.0. The van der Waals surface area contributed by atoms with Crippen LogP contribution in [0, 0.1) is 5.82 Å². The molecule has 0 spiro atoms. The molecule has 0 saturated carbocycles. The number of hydrogen-bond donors (Lipinski definition) is 2. The lowest BCUT2D eigenvalue weighted by Crippen LogP contribution is -2.23. The summed E-state index contributed by atoms with van der Waals surface area (Å²) >= 11 is 1.37. The van der Waals surface area contributed by atoms with Gasteiger partial charge in [-0.1, -0.05) is 0 Å². The van der Waals surface area contributed by atoms with Crippen molar-refractivity contribution < 1.29 is 9.18 Å². The molecule has 0 saturated heterocycles. The lowest BCUT2D eigenvalue weighted by Gasteiger charge is -2.01. The molecule has 1 aromatic heterocycles. The lowest BCUT2D eigenvalue weighted by atomic mass is 10.2. The predicted octanol–water partition coefficient (Wildman–Crippen LogP) is 2.51. The van der Waals surface area contributed by atoms with Crippen LogP contribution in [-0.2, 0) is 0 Å². The Kier molecular flexibility index (Phi) is 4.28. The van der Waals surface area contributed by atoms with Crippen LogP contribution >= 0.6 is 11.3 Å². The van der Waals surface area contributed by atoms with Crippen molar-refractivity contribution in [3.05, 3.63) is 35.0 Å². The van der Waals surface area contributed by atoms with Crippen molar-refractivity contribution in [2.75, 3.05) is 13.1 Å². The van der Waals surface area contributed by atoms with Gasteiger partial charge in [0, 0.05) is 11.2 Å². The van der Waals surface area contributed by atoms with E-state index in [0.29, 0.717) is 18.0 Å². The largest absolute Gasteiger partial charge is 0.351 e. The van der Waals surface area contributed by atoms with E-state index in [1.807, 2.05) is 0 Å². The molecular weight excluding hydrogens is 251 g/mol. The summed E-state index contributed by atoms with van der Waals surface area (Å²) in [6, 6.07) is 6.26. The minimum absolute atomic E-state index is 0.103. The number of unbranched alkanes of at least 4 members (excludes halogenated alkanes) is 1. The number of fused-ring (bicyclic) bond motifs is 1. The molecule has 0 unspecified atom stereocenters. The first kappa shape index (κ1) is 13.0. The molecule has 0 aliphatic carbocycles. The number of nitrogens with two attached hydrogens (primary N) is 1. The van der Waals surface area contributed by atoms with Gasteiger partial charge in [0.1, 0.15) is 5.82 Å². The highest BCUT2D eigenvalue weighted by atomic mass is 32.1. The van der Waals surface area contributed by atoms with Crippen molar-refractivity contribution in [1.82, 2.24) is 5.32 Å². The van der Waals surface area contributed by atoms with Crippen LogP contribution in [-0.4, -0.2) is 19.0 Å². The average Bonchev–Trinajstić information content (AvgIpc) is 2.77. The Balaban J connectivity index is 2.04. The molecule has 0 aliphatic rings. The first-order chi connectivity index (χ1) is 8.70. The smallest absolute Gasteiger partial charge is 0.261 e. The fourth-order valence-corrected chi connectivity index (χ4v) is 2.64. The molecule has 0 bridgehead atoms. The Morgan fingerprint density at radius 2 is 2.17 bits per heavy atom. The number of nitrogens with one attached hydrogen (secondary N) is 1. The van der Waals surface area contributed by atoms with Crippen LogP contribution in [0.25, 0.3) is 10.1 Å². The number of thiophene rings is 1. The van der Waals surface area contributed by atoms with Crippen molar-refractivity contribution >= 4 is 27.3 Å². The van der Waals surface area contributed by atoms with Crippen molar-refractivity contribution in [2.24, 2.45) is 5.73 Å². The van der Waals surface area contributed by atoms with Crippen molar-refractivity contribution in [3.8, 4) is 0 Å². The zero-order valence-electron chi connectivity index (χ0n) is 9.91. The van der Waals surface area contributed by atoms with Gasteiger partial charge >= 0.3 is 0 Å². The summed E-state index contributed by atoms with van der Waals surface area (Å²) in [5.41, 5.74) is 5.38. The molecule has 5 heteroatoms. The average molecular weight is 266 g/mol. The van der Waals surface area contributed by atoms with Gasteiger partial charge in [-0.3, -0.25) is 4.79 Å². The van der Waals surface area contributed by atoms with E-state index < -0.39 is 0 Å². The zero-order chi connectivity index (χ0) is 13.0. The zero-order valence-corrected chi connectivity index (χ0v) is 10.7. The molecule has 3 nitrogen and oxygen atoms in total. The molecule has 1 heterocycles. The number of benzene rings is 1. The summed E-state index contributed by atoms with van der Waals surface area (Å²) in [6.07, 6.45) is 1.78. The molecule has 2 aromatic rings. The summed E-state index contributed by atoms with van der Waals surface area (Å²) < 4.78 is 13.9. The van der Waals surface area contributed by atoms with E-state index in [0.717, 1.165) is 22.9 Å². The third-order valence-electron chi connectivity index (χ3n) is 2.62. The van der Waals surface area contributed by atoms with Gasteiger partial charge in [0.25, 0.3) is 5.91 Å². The fourth-order valence-electron chi connectivity index (χ4n) is 1.68. The van der Waals surface area contributed by atoms with Crippen LogP contribution in [0.5, 0.6) is 0 Å². The second-order valence-corrected chi connectivity index (χ2v) is 5.13. The van der Waals surface area contributed by atoms with E-state index >= 15 is 0 Å². The molecule has 18 heavy (non-hydrogen) atoms. The van der Waals surface area contributed by atoms with Crippen molar-refractivity contribution in [1.29, 1.82) is 0 Å². The molecule has 0 atom stereocenters.